The molecule has 0 aliphatic carbocycles. The number of rotatable bonds is 5. The quantitative estimate of drug-likeness (QED) is 0.158. The molecular weight excluding hydrogens is 572 g/mol. The molecule has 2 rings (SSSR count). The Bertz CT molecular complexity index is 924. The summed E-state index contributed by atoms with van der Waals surface area (Å²) in [6.07, 6.45) is -1.15. The second-order valence-corrected chi connectivity index (χ2v) is 9.62. The number of esters is 1. The summed E-state index contributed by atoms with van der Waals surface area (Å²) in [6, 6.07) is 13.5. The molecule has 11 heteroatoms. The van der Waals surface area contributed by atoms with Crippen molar-refractivity contribution in [3.05, 3.63) is 63.2 Å². The maximum atomic E-state index is 12.5. The average Bonchev–Trinajstić information content (AvgIpc) is 2.66. The fourth-order valence-corrected chi connectivity index (χ4v) is 3.31. The highest BCUT2D eigenvalue weighted by molar-refractivity contribution is 14.1. The van der Waals surface area contributed by atoms with Crippen LogP contribution in [-0.4, -0.2) is 34.1 Å². The summed E-state index contributed by atoms with van der Waals surface area (Å²) in [5.41, 5.74) is 1.06. The number of ether oxygens (including phenoxy) is 1. The second kappa shape index (κ2) is 10.6. The molecule has 0 spiro atoms. The molecule has 154 valence electrons. The van der Waals surface area contributed by atoms with Crippen LogP contribution < -0.4 is 16.0 Å². The molecule has 0 aliphatic heterocycles. The predicted octanol–water partition coefficient (Wildman–Crippen LogP) is 4.49. The average molecular weight is 587 g/mol. The van der Waals surface area contributed by atoms with Crippen molar-refractivity contribution < 1.29 is 14.3 Å². The van der Waals surface area contributed by atoms with Gasteiger partial charge < -0.3 is 20.7 Å². The van der Waals surface area contributed by atoms with Gasteiger partial charge in [-0.1, -0.05) is 53.0 Å². The van der Waals surface area contributed by atoms with Crippen molar-refractivity contribution in [2.24, 2.45) is 0 Å². The Morgan fingerprint density at radius 2 is 1.79 bits per heavy atom. The molecular formula is C18H15Cl3IN3O3S. The number of thiocarbonyl (C=S) groups is 1. The highest BCUT2D eigenvalue weighted by Crippen LogP contribution is 2.29. The molecule has 0 heterocycles. The summed E-state index contributed by atoms with van der Waals surface area (Å²) in [6.45, 7) is 0. The van der Waals surface area contributed by atoms with E-state index in [9.17, 15) is 9.59 Å². The zero-order chi connectivity index (χ0) is 21.6. The van der Waals surface area contributed by atoms with Crippen LogP contribution in [0.4, 0.5) is 5.69 Å². The van der Waals surface area contributed by atoms with E-state index in [4.69, 9.17) is 51.8 Å². The molecule has 1 unspecified atom stereocenters. The molecule has 2 aromatic carbocycles. The topological polar surface area (TPSA) is 79.5 Å². The van der Waals surface area contributed by atoms with Gasteiger partial charge in [-0.05, 0) is 65.1 Å². The van der Waals surface area contributed by atoms with Gasteiger partial charge in [-0.15, -0.1) is 0 Å². The van der Waals surface area contributed by atoms with Crippen molar-refractivity contribution in [3.8, 4) is 0 Å². The standard InChI is InChI=1S/C18H15Cl3IN3O3S/c1-28-15(27)12-7-2-3-8-13(12)23-17(29)25-16(18(19,20)21)24-14(26)10-5-4-6-11(22)9-10/h2-9,16H,1H3,(H,24,26)(H2,23,25,29). The Balaban J connectivity index is 2.14. The summed E-state index contributed by atoms with van der Waals surface area (Å²) < 4.78 is 3.71. The van der Waals surface area contributed by atoms with Crippen LogP contribution >= 0.6 is 69.6 Å². The molecule has 1 atom stereocenters. The van der Waals surface area contributed by atoms with Crippen LogP contribution in [-0.2, 0) is 4.74 Å². The first-order valence-corrected chi connectivity index (χ1v) is 10.6. The van der Waals surface area contributed by atoms with E-state index in [0.717, 1.165) is 3.57 Å². The minimum atomic E-state index is -1.91. The molecule has 0 radical (unpaired) electrons. The summed E-state index contributed by atoms with van der Waals surface area (Å²) in [5.74, 6) is -0.995. The molecule has 29 heavy (non-hydrogen) atoms. The van der Waals surface area contributed by atoms with Gasteiger partial charge in [-0.25, -0.2) is 4.79 Å². The van der Waals surface area contributed by atoms with Gasteiger partial charge in [0, 0.05) is 9.13 Å². The van der Waals surface area contributed by atoms with E-state index in [1.807, 2.05) is 6.07 Å². The summed E-state index contributed by atoms with van der Waals surface area (Å²) in [5, 5.41) is 8.21. The molecule has 0 aromatic heterocycles. The van der Waals surface area contributed by atoms with Crippen molar-refractivity contribution in [3.63, 3.8) is 0 Å². The van der Waals surface area contributed by atoms with Crippen molar-refractivity contribution in [1.82, 2.24) is 10.6 Å². The van der Waals surface area contributed by atoms with Crippen molar-refractivity contribution in [2.75, 3.05) is 12.4 Å². The highest BCUT2D eigenvalue weighted by atomic mass is 127. The van der Waals surface area contributed by atoms with E-state index < -0.39 is 21.8 Å². The molecule has 0 saturated heterocycles. The third-order valence-corrected chi connectivity index (χ3v) is 5.09. The van der Waals surface area contributed by atoms with Crippen molar-refractivity contribution in [2.45, 2.75) is 9.96 Å². The zero-order valence-electron chi connectivity index (χ0n) is 14.8. The van der Waals surface area contributed by atoms with E-state index in [1.165, 1.54) is 7.11 Å². The Hall–Kier alpha value is -1.33. The van der Waals surface area contributed by atoms with E-state index in [1.54, 1.807) is 42.5 Å². The summed E-state index contributed by atoms with van der Waals surface area (Å²) >= 11 is 25.4. The number of alkyl halides is 3. The Morgan fingerprint density at radius 3 is 2.41 bits per heavy atom. The summed E-state index contributed by atoms with van der Waals surface area (Å²) in [7, 11) is 1.27. The molecule has 0 aliphatic rings. The fourth-order valence-electron chi connectivity index (χ4n) is 2.21. The SMILES string of the molecule is COC(=O)c1ccccc1NC(=S)NC(NC(=O)c1cccc(I)c1)C(Cl)(Cl)Cl. The van der Waals surface area contributed by atoms with Crippen molar-refractivity contribution >= 4 is 92.3 Å². The molecule has 3 N–H and O–H groups in total. The largest absolute Gasteiger partial charge is 0.465 e. The van der Waals surface area contributed by atoms with Crippen LogP contribution in [0.1, 0.15) is 20.7 Å². The number of carbonyl (C=O) groups excluding carboxylic acids is 2. The van der Waals surface area contributed by atoms with E-state index >= 15 is 0 Å². The van der Waals surface area contributed by atoms with Gasteiger partial charge in [-0.2, -0.15) is 0 Å². The first-order valence-electron chi connectivity index (χ1n) is 8.00. The lowest BCUT2D eigenvalue weighted by molar-refractivity contribution is 0.0601. The van der Waals surface area contributed by atoms with Gasteiger partial charge in [0.1, 0.15) is 6.17 Å². The minimum absolute atomic E-state index is 0.0284. The number of halogens is 4. The maximum Gasteiger partial charge on any atom is 0.339 e. The Kier molecular flexibility index (Phi) is 8.77. The normalized spacial score (nSPS) is 11.9. The Morgan fingerprint density at radius 1 is 1.10 bits per heavy atom. The highest BCUT2D eigenvalue weighted by Gasteiger charge is 2.35. The number of para-hydroxylation sites is 1. The van der Waals surface area contributed by atoms with E-state index in [2.05, 4.69) is 38.5 Å². The zero-order valence-corrected chi connectivity index (χ0v) is 20.1. The van der Waals surface area contributed by atoms with Crippen LogP contribution in [0.3, 0.4) is 0 Å². The molecule has 0 bridgehead atoms. The minimum Gasteiger partial charge on any atom is -0.465 e. The smallest absolute Gasteiger partial charge is 0.339 e. The lowest BCUT2D eigenvalue weighted by Crippen LogP contribution is -2.56. The number of carbonyl (C=O) groups is 2. The van der Waals surface area contributed by atoms with E-state index in [-0.39, 0.29) is 10.7 Å². The number of amides is 1. The number of hydrogen-bond acceptors (Lipinski definition) is 4. The fraction of sp³-hybridized carbons (Fsp3) is 0.167. The van der Waals surface area contributed by atoms with Gasteiger partial charge in [0.25, 0.3) is 5.91 Å². The number of nitrogens with one attached hydrogen (secondary N) is 3. The number of methoxy groups -OCH3 is 1. The van der Waals surface area contributed by atoms with Gasteiger partial charge in [0.2, 0.25) is 3.79 Å². The van der Waals surface area contributed by atoms with Crippen LogP contribution in [0.2, 0.25) is 0 Å². The third-order valence-electron chi connectivity index (χ3n) is 3.55. The maximum absolute atomic E-state index is 12.5. The Labute approximate surface area is 201 Å². The first kappa shape index (κ1) is 23.9. The summed E-state index contributed by atoms with van der Waals surface area (Å²) in [4.78, 5) is 24.4. The van der Waals surface area contributed by atoms with E-state index in [0.29, 0.717) is 11.3 Å². The third kappa shape index (κ3) is 7.14. The first-order chi connectivity index (χ1) is 13.6. The second-order valence-electron chi connectivity index (χ2n) is 5.59. The van der Waals surface area contributed by atoms with Crippen LogP contribution in [0.25, 0.3) is 0 Å². The lowest BCUT2D eigenvalue weighted by atomic mass is 10.2. The lowest BCUT2D eigenvalue weighted by Gasteiger charge is -2.28. The number of benzene rings is 2. The van der Waals surface area contributed by atoms with Crippen LogP contribution in [0.15, 0.2) is 48.5 Å². The molecule has 0 saturated carbocycles. The number of hydrogen-bond donors (Lipinski definition) is 3. The molecule has 2 aromatic rings. The molecule has 0 fully saturated rings. The monoisotopic (exact) mass is 585 g/mol. The van der Waals surface area contributed by atoms with Gasteiger partial charge in [0.05, 0.1) is 18.4 Å². The molecule has 6 nitrogen and oxygen atoms in total. The van der Waals surface area contributed by atoms with Crippen LogP contribution in [0.5, 0.6) is 0 Å². The predicted molar refractivity (Wildman–Crippen MR) is 128 cm³/mol. The van der Waals surface area contributed by atoms with Gasteiger partial charge in [-0.3, -0.25) is 4.79 Å². The van der Waals surface area contributed by atoms with Crippen LogP contribution in [0, 0.1) is 3.57 Å². The number of anilines is 1. The van der Waals surface area contributed by atoms with Gasteiger partial charge in [0.15, 0.2) is 5.11 Å². The van der Waals surface area contributed by atoms with Gasteiger partial charge >= 0.3 is 5.97 Å². The van der Waals surface area contributed by atoms with Crippen molar-refractivity contribution in [1.29, 1.82) is 0 Å². The molecule has 1 amide bonds.